The van der Waals surface area contributed by atoms with Gasteiger partial charge in [0.1, 0.15) is 11.4 Å². The molecule has 0 unspecified atom stereocenters. The van der Waals surface area contributed by atoms with E-state index in [4.69, 9.17) is 16.1 Å². The molecule has 170 valence electrons. The van der Waals surface area contributed by atoms with Crippen molar-refractivity contribution in [2.75, 3.05) is 11.9 Å². The van der Waals surface area contributed by atoms with E-state index in [1.807, 2.05) is 43.3 Å². The van der Waals surface area contributed by atoms with Crippen molar-refractivity contribution in [3.05, 3.63) is 81.9 Å². The van der Waals surface area contributed by atoms with Gasteiger partial charge in [0.25, 0.3) is 11.4 Å². The zero-order valence-corrected chi connectivity index (χ0v) is 19.8. The van der Waals surface area contributed by atoms with E-state index < -0.39 is 0 Å². The van der Waals surface area contributed by atoms with Crippen LogP contribution in [-0.2, 0) is 11.3 Å². The highest BCUT2D eigenvalue weighted by atomic mass is 35.5. The van der Waals surface area contributed by atoms with Crippen LogP contribution in [0.4, 0.5) is 5.69 Å². The molecule has 5 rings (SSSR count). The lowest BCUT2D eigenvalue weighted by molar-refractivity contribution is -0.118. The molecule has 0 fully saturated rings. The summed E-state index contributed by atoms with van der Waals surface area (Å²) in [4.78, 5) is 37.6. The van der Waals surface area contributed by atoms with Gasteiger partial charge in [-0.05, 0) is 36.8 Å². The highest BCUT2D eigenvalue weighted by Crippen LogP contribution is 2.35. The summed E-state index contributed by atoms with van der Waals surface area (Å²) < 4.78 is 6.80. The smallest absolute Gasteiger partial charge is 0.268 e. The Morgan fingerprint density at radius 2 is 1.97 bits per heavy atom. The van der Waals surface area contributed by atoms with Crippen molar-refractivity contribution in [3.63, 3.8) is 0 Å². The molecular formula is C24H18ClN5O3S. The molecule has 34 heavy (non-hydrogen) atoms. The Morgan fingerprint density at radius 3 is 2.74 bits per heavy atom. The van der Waals surface area contributed by atoms with Crippen LogP contribution in [0.25, 0.3) is 32.4 Å². The number of para-hydroxylation sites is 1. The summed E-state index contributed by atoms with van der Waals surface area (Å²) >= 11 is 7.35. The van der Waals surface area contributed by atoms with Crippen LogP contribution in [0.2, 0.25) is 5.02 Å². The van der Waals surface area contributed by atoms with Crippen molar-refractivity contribution in [1.82, 2.24) is 19.7 Å². The monoisotopic (exact) mass is 491 g/mol. The number of rotatable bonds is 5. The summed E-state index contributed by atoms with van der Waals surface area (Å²) in [6.07, 6.45) is 1.40. The van der Waals surface area contributed by atoms with Crippen molar-refractivity contribution >= 4 is 44.7 Å². The summed E-state index contributed by atoms with van der Waals surface area (Å²) in [5.41, 5.74) is 1.85. The van der Waals surface area contributed by atoms with Crippen LogP contribution >= 0.6 is 22.9 Å². The predicted octanol–water partition coefficient (Wildman–Crippen LogP) is 4.80. The lowest BCUT2D eigenvalue weighted by Crippen LogP contribution is -2.34. The van der Waals surface area contributed by atoms with Crippen LogP contribution in [0, 0.1) is 6.92 Å². The fraction of sp³-hybridized carbons (Fsp3) is 0.125. The third kappa shape index (κ3) is 4.00. The van der Waals surface area contributed by atoms with Crippen molar-refractivity contribution in [2.24, 2.45) is 0 Å². The number of aryl methyl sites for hydroxylation is 1. The van der Waals surface area contributed by atoms with Crippen LogP contribution in [-0.4, -0.2) is 32.6 Å². The van der Waals surface area contributed by atoms with Gasteiger partial charge in [0.2, 0.25) is 11.7 Å². The molecule has 8 nitrogen and oxygen atoms in total. The van der Waals surface area contributed by atoms with Gasteiger partial charge >= 0.3 is 0 Å². The number of aromatic nitrogens is 4. The lowest BCUT2D eigenvalue weighted by Gasteiger charge is -2.17. The molecule has 0 radical (unpaired) electrons. The normalized spacial score (nSPS) is 11.1. The number of likely N-dealkylation sites (N-methyl/N-ethyl adjacent to an activating group) is 1. The number of halogens is 1. The first kappa shape index (κ1) is 22.0. The number of benzene rings is 2. The van der Waals surface area contributed by atoms with E-state index in [-0.39, 0.29) is 18.0 Å². The molecule has 0 spiro atoms. The number of carbonyl (C=O) groups is 1. The number of nitrogens with zero attached hydrogens (tertiary/aromatic N) is 5. The SMILES string of the molecule is Cc1c(-c2nc(-c3cccc(Cl)c3)no2)sc2ncn(CC(=O)N(C)c3ccccc3)c(=O)c12. The van der Waals surface area contributed by atoms with Gasteiger partial charge in [-0.15, -0.1) is 11.3 Å². The summed E-state index contributed by atoms with van der Waals surface area (Å²) in [6, 6.07) is 16.4. The molecule has 1 amide bonds. The summed E-state index contributed by atoms with van der Waals surface area (Å²) in [6.45, 7) is 1.68. The molecule has 0 aliphatic rings. The molecule has 3 heterocycles. The highest BCUT2D eigenvalue weighted by Gasteiger charge is 2.21. The molecule has 0 N–H and O–H groups in total. The maximum absolute atomic E-state index is 13.2. The Hall–Kier alpha value is -3.82. The summed E-state index contributed by atoms with van der Waals surface area (Å²) in [5.74, 6) is 0.459. The fourth-order valence-corrected chi connectivity index (χ4v) is 4.84. The Kier molecular flexibility index (Phi) is 5.72. The number of hydrogen-bond donors (Lipinski definition) is 0. The zero-order valence-electron chi connectivity index (χ0n) is 18.2. The molecule has 0 saturated carbocycles. The van der Waals surface area contributed by atoms with Gasteiger partial charge in [0, 0.05) is 23.3 Å². The highest BCUT2D eigenvalue weighted by molar-refractivity contribution is 7.22. The Balaban J connectivity index is 1.47. The average molecular weight is 492 g/mol. The molecule has 10 heteroatoms. The minimum atomic E-state index is -0.297. The first-order valence-electron chi connectivity index (χ1n) is 10.3. The zero-order chi connectivity index (χ0) is 23.8. The first-order valence-corrected chi connectivity index (χ1v) is 11.5. The van der Waals surface area contributed by atoms with Gasteiger partial charge in [0.05, 0.1) is 16.6 Å². The molecule has 3 aromatic heterocycles. The van der Waals surface area contributed by atoms with E-state index >= 15 is 0 Å². The second kappa shape index (κ2) is 8.85. The van der Waals surface area contributed by atoms with Crippen molar-refractivity contribution in [3.8, 4) is 22.2 Å². The Bertz CT molecular complexity index is 1570. The lowest BCUT2D eigenvalue weighted by atomic mass is 10.2. The minimum Gasteiger partial charge on any atom is -0.333 e. The molecule has 0 saturated heterocycles. The largest absolute Gasteiger partial charge is 0.333 e. The molecule has 0 aliphatic heterocycles. The number of fused-ring (bicyclic) bond motifs is 1. The van der Waals surface area contributed by atoms with E-state index in [0.29, 0.717) is 37.4 Å². The number of thiophene rings is 1. The molecule has 2 aromatic carbocycles. The van der Waals surface area contributed by atoms with Crippen LogP contribution in [0.3, 0.4) is 0 Å². The van der Waals surface area contributed by atoms with E-state index in [1.165, 1.54) is 27.1 Å². The average Bonchev–Trinajstić information content (AvgIpc) is 3.46. The van der Waals surface area contributed by atoms with E-state index in [9.17, 15) is 9.59 Å². The fourth-order valence-electron chi connectivity index (χ4n) is 3.58. The number of carbonyl (C=O) groups excluding carboxylic acids is 1. The van der Waals surface area contributed by atoms with Gasteiger partial charge in [-0.1, -0.05) is 47.1 Å². The Morgan fingerprint density at radius 1 is 1.18 bits per heavy atom. The van der Waals surface area contributed by atoms with Crippen molar-refractivity contribution in [1.29, 1.82) is 0 Å². The van der Waals surface area contributed by atoms with Gasteiger partial charge in [0.15, 0.2) is 0 Å². The molecule has 0 aliphatic carbocycles. The third-order valence-electron chi connectivity index (χ3n) is 5.44. The minimum absolute atomic E-state index is 0.128. The van der Waals surface area contributed by atoms with Crippen LogP contribution in [0.15, 0.2) is 70.2 Å². The van der Waals surface area contributed by atoms with Gasteiger partial charge in [-0.3, -0.25) is 14.2 Å². The Labute approximate surface area is 203 Å². The number of anilines is 1. The maximum atomic E-state index is 13.2. The van der Waals surface area contributed by atoms with Crippen LogP contribution in [0.5, 0.6) is 0 Å². The number of amides is 1. The standard InChI is InChI=1S/C24H18ClN5O3S/c1-14-19-23(34-20(14)22-27-21(28-33-22)15-7-6-8-16(25)11-15)26-13-30(24(19)32)12-18(31)29(2)17-9-4-3-5-10-17/h3-11,13H,12H2,1-2H3. The molecule has 0 atom stereocenters. The molecule has 0 bridgehead atoms. The van der Waals surface area contributed by atoms with Gasteiger partial charge < -0.3 is 9.42 Å². The molecule has 5 aromatic rings. The third-order valence-corrected chi connectivity index (χ3v) is 6.87. The van der Waals surface area contributed by atoms with E-state index in [0.717, 1.165) is 11.3 Å². The van der Waals surface area contributed by atoms with Gasteiger partial charge in [-0.25, -0.2) is 4.98 Å². The number of hydrogen-bond acceptors (Lipinski definition) is 7. The van der Waals surface area contributed by atoms with Gasteiger partial charge in [-0.2, -0.15) is 4.98 Å². The van der Waals surface area contributed by atoms with E-state index in [1.54, 1.807) is 25.2 Å². The summed E-state index contributed by atoms with van der Waals surface area (Å²) in [7, 11) is 1.68. The van der Waals surface area contributed by atoms with Crippen molar-refractivity contribution < 1.29 is 9.32 Å². The predicted molar refractivity (Wildman–Crippen MR) is 132 cm³/mol. The topological polar surface area (TPSA) is 94.1 Å². The molecular weight excluding hydrogens is 474 g/mol. The quantitative estimate of drug-likeness (QED) is 0.350. The first-order chi connectivity index (χ1) is 16.4. The maximum Gasteiger partial charge on any atom is 0.268 e. The van der Waals surface area contributed by atoms with E-state index in [2.05, 4.69) is 15.1 Å². The summed E-state index contributed by atoms with van der Waals surface area (Å²) in [5, 5.41) is 5.05. The van der Waals surface area contributed by atoms with Crippen LogP contribution < -0.4 is 10.5 Å². The van der Waals surface area contributed by atoms with Crippen LogP contribution in [0.1, 0.15) is 5.56 Å². The second-order valence-corrected chi connectivity index (χ2v) is 9.07. The van der Waals surface area contributed by atoms with Crippen molar-refractivity contribution in [2.45, 2.75) is 13.5 Å². The second-order valence-electron chi connectivity index (χ2n) is 7.64.